The van der Waals surface area contributed by atoms with E-state index >= 15 is 0 Å². The summed E-state index contributed by atoms with van der Waals surface area (Å²) in [7, 11) is -4.24. The summed E-state index contributed by atoms with van der Waals surface area (Å²) in [4.78, 5) is 16.8. The smallest absolute Gasteiger partial charge is 0.303 e. The first-order chi connectivity index (χ1) is 7.06. The lowest BCUT2D eigenvalue weighted by Gasteiger charge is -2.04. The van der Waals surface area contributed by atoms with Crippen LogP contribution in [0, 0.1) is 0 Å². The van der Waals surface area contributed by atoms with Gasteiger partial charge in [-0.25, -0.2) is 4.57 Å². The SMILES string of the molecule is O=P(O)(O)OCCCCCCCCCBr. The highest BCUT2D eigenvalue weighted by Crippen LogP contribution is 2.35. The minimum absolute atomic E-state index is 0.158. The van der Waals surface area contributed by atoms with Gasteiger partial charge in [-0.05, 0) is 12.8 Å². The molecule has 4 nitrogen and oxygen atoms in total. The summed E-state index contributed by atoms with van der Waals surface area (Å²) < 4.78 is 14.6. The van der Waals surface area contributed by atoms with Gasteiger partial charge in [0.25, 0.3) is 0 Å². The predicted octanol–water partition coefficient (Wildman–Crippen LogP) is 3.22. The zero-order valence-corrected chi connectivity index (χ0v) is 11.4. The molecule has 0 fully saturated rings. The minimum atomic E-state index is -4.24. The van der Waals surface area contributed by atoms with Crippen molar-refractivity contribution in [3.8, 4) is 0 Å². The number of alkyl halides is 1. The molecule has 0 aromatic carbocycles. The van der Waals surface area contributed by atoms with Crippen LogP contribution in [0.5, 0.6) is 0 Å². The molecule has 15 heavy (non-hydrogen) atoms. The fraction of sp³-hybridized carbons (Fsp3) is 1.00. The number of hydrogen-bond acceptors (Lipinski definition) is 2. The molecule has 0 rings (SSSR count). The first-order valence-corrected chi connectivity index (χ1v) is 7.97. The molecule has 0 aromatic rings. The summed E-state index contributed by atoms with van der Waals surface area (Å²) in [6.45, 7) is 0.158. The van der Waals surface area contributed by atoms with Crippen LogP contribution in [0.2, 0.25) is 0 Å². The summed E-state index contributed by atoms with van der Waals surface area (Å²) in [6, 6.07) is 0. The van der Waals surface area contributed by atoms with Crippen molar-refractivity contribution in [2.45, 2.75) is 44.9 Å². The van der Waals surface area contributed by atoms with Crippen molar-refractivity contribution in [2.24, 2.45) is 0 Å². The molecular formula is C9H20BrO4P. The molecule has 0 heterocycles. The van der Waals surface area contributed by atoms with Gasteiger partial charge in [-0.15, -0.1) is 0 Å². The highest BCUT2D eigenvalue weighted by atomic mass is 79.9. The highest BCUT2D eigenvalue weighted by Gasteiger charge is 2.12. The fourth-order valence-electron chi connectivity index (χ4n) is 1.26. The molecule has 2 N–H and O–H groups in total. The molecule has 6 heteroatoms. The summed E-state index contributed by atoms with van der Waals surface area (Å²) >= 11 is 3.38. The molecule has 0 aromatic heterocycles. The Labute approximate surface area is 99.8 Å². The first-order valence-electron chi connectivity index (χ1n) is 5.32. The van der Waals surface area contributed by atoms with E-state index in [1.54, 1.807) is 0 Å². The lowest BCUT2D eigenvalue weighted by atomic mass is 10.1. The van der Waals surface area contributed by atoms with Crippen molar-refractivity contribution in [3.05, 3.63) is 0 Å². The molecule has 0 saturated heterocycles. The van der Waals surface area contributed by atoms with E-state index in [0.717, 1.165) is 24.6 Å². The van der Waals surface area contributed by atoms with Crippen molar-refractivity contribution < 1.29 is 18.9 Å². The van der Waals surface area contributed by atoms with E-state index in [2.05, 4.69) is 20.5 Å². The van der Waals surface area contributed by atoms with Crippen LogP contribution in [-0.2, 0) is 9.09 Å². The molecule has 0 bridgehead atoms. The molecular weight excluding hydrogens is 283 g/mol. The van der Waals surface area contributed by atoms with E-state index in [-0.39, 0.29) is 6.61 Å². The molecule has 92 valence electrons. The van der Waals surface area contributed by atoms with Crippen LogP contribution in [0.4, 0.5) is 0 Å². The van der Waals surface area contributed by atoms with Gasteiger partial charge in [-0.1, -0.05) is 48.0 Å². The van der Waals surface area contributed by atoms with Gasteiger partial charge in [0.1, 0.15) is 0 Å². The van der Waals surface area contributed by atoms with Gasteiger partial charge >= 0.3 is 7.82 Å². The van der Waals surface area contributed by atoms with Crippen LogP contribution in [0.15, 0.2) is 0 Å². The number of phosphoric ester groups is 1. The average molecular weight is 303 g/mol. The van der Waals surface area contributed by atoms with Gasteiger partial charge < -0.3 is 9.79 Å². The number of rotatable bonds is 10. The third-order valence-electron chi connectivity index (χ3n) is 2.04. The van der Waals surface area contributed by atoms with Gasteiger partial charge in [-0.3, -0.25) is 4.52 Å². The van der Waals surface area contributed by atoms with Crippen molar-refractivity contribution in [2.75, 3.05) is 11.9 Å². The molecule has 0 saturated carbocycles. The Hall–Kier alpha value is 0.590. The second kappa shape index (κ2) is 9.79. The molecule has 0 aliphatic rings. The fourth-order valence-corrected chi connectivity index (χ4v) is 2.03. The van der Waals surface area contributed by atoms with Gasteiger partial charge in [-0.2, -0.15) is 0 Å². The second-order valence-corrected chi connectivity index (χ2v) is 5.52. The van der Waals surface area contributed by atoms with Crippen LogP contribution in [0.1, 0.15) is 44.9 Å². The molecule has 0 unspecified atom stereocenters. The zero-order chi connectivity index (χ0) is 11.6. The minimum Gasteiger partial charge on any atom is -0.303 e. The summed E-state index contributed by atoms with van der Waals surface area (Å²) in [5.74, 6) is 0. The molecule has 0 aliphatic heterocycles. The first kappa shape index (κ1) is 15.6. The van der Waals surface area contributed by atoms with E-state index in [1.165, 1.54) is 25.7 Å². The number of phosphoric acid groups is 1. The Morgan fingerprint density at radius 3 is 1.87 bits per heavy atom. The second-order valence-electron chi connectivity index (χ2n) is 3.49. The van der Waals surface area contributed by atoms with Gasteiger partial charge in [0.15, 0.2) is 0 Å². The van der Waals surface area contributed by atoms with Crippen LogP contribution in [0.25, 0.3) is 0 Å². The highest BCUT2D eigenvalue weighted by molar-refractivity contribution is 9.09. The van der Waals surface area contributed by atoms with Gasteiger partial charge in [0, 0.05) is 5.33 Å². The monoisotopic (exact) mass is 302 g/mol. The van der Waals surface area contributed by atoms with Gasteiger partial charge in [0.2, 0.25) is 0 Å². The quantitative estimate of drug-likeness (QED) is 0.369. The van der Waals surface area contributed by atoms with E-state index in [9.17, 15) is 4.57 Å². The molecule has 0 atom stereocenters. The molecule has 0 aliphatic carbocycles. The molecule has 0 spiro atoms. The number of hydrogen-bond donors (Lipinski definition) is 2. The number of unbranched alkanes of at least 4 members (excludes halogenated alkanes) is 6. The van der Waals surface area contributed by atoms with Crippen molar-refractivity contribution in [1.82, 2.24) is 0 Å². The maximum atomic E-state index is 10.3. The average Bonchev–Trinajstić information content (AvgIpc) is 2.14. The van der Waals surface area contributed by atoms with Crippen LogP contribution < -0.4 is 0 Å². The van der Waals surface area contributed by atoms with E-state index in [1.807, 2.05) is 0 Å². The van der Waals surface area contributed by atoms with Crippen LogP contribution in [-0.4, -0.2) is 21.7 Å². The molecule has 0 radical (unpaired) electrons. The topological polar surface area (TPSA) is 66.8 Å². The standard InChI is InChI=1S/C9H20BrO4P/c10-8-6-4-2-1-3-5-7-9-14-15(11,12)13/h1-9H2,(H2,11,12,13). The predicted molar refractivity (Wildman–Crippen MR) is 64.1 cm³/mol. The maximum Gasteiger partial charge on any atom is 0.469 e. The third-order valence-corrected chi connectivity index (χ3v) is 3.12. The van der Waals surface area contributed by atoms with Crippen LogP contribution in [0.3, 0.4) is 0 Å². The Bertz CT molecular complexity index is 183. The van der Waals surface area contributed by atoms with E-state index in [4.69, 9.17) is 9.79 Å². The van der Waals surface area contributed by atoms with E-state index < -0.39 is 7.82 Å². The Morgan fingerprint density at radius 1 is 0.933 bits per heavy atom. The Kier molecular flexibility index (Phi) is 10.2. The van der Waals surface area contributed by atoms with Crippen molar-refractivity contribution in [1.29, 1.82) is 0 Å². The Balaban J connectivity index is 3.02. The lowest BCUT2D eigenvalue weighted by molar-refractivity contribution is 0.193. The van der Waals surface area contributed by atoms with Crippen LogP contribution >= 0.6 is 23.8 Å². The normalized spacial score (nSPS) is 11.9. The largest absolute Gasteiger partial charge is 0.469 e. The zero-order valence-electron chi connectivity index (χ0n) is 8.90. The van der Waals surface area contributed by atoms with Gasteiger partial charge in [0.05, 0.1) is 6.61 Å². The summed E-state index contributed by atoms with van der Waals surface area (Å²) in [5.41, 5.74) is 0. The number of halogens is 1. The summed E-state index contributed by atoms with van der Waals surface area (Å²) in [5, 5.41) is 1.07. The lowest BCUT2D eigenvalue weighted by Crippen LogP contribution is -1.92. The molecule has 0 amide bonds. The third kappa shape index (κ3) is 14.6. The maximum absolute atomic E-state index is 10.3. The van der Waals surface area contributed by atoms with Crippen molar-refractivity contribution in [3.63, 3.8) is 0 Å². The summed E-state index contributed by atoms with van der Waals surface area (Å²) in [6.07, 6.45) is 7.74. The Morgan fingerprint density at radius 2 is 1.40 bits per heavy atom. The van der Waals surface area contributed by atoms with Crippen molar-refractivity contribution >= 4 is 23.8 Å². The van der Waals surface area contributed by atoms with E-state index in [0.29, 0.717) is 0 Å².